The van der Waals surface area contributed by atoms with E-state index in [1.807, 2.05) is 36.4 Å². The molecule has 0 unspecified atom stereocenters. The molecule has 0 saturated carbocycles. The van der Waals surface area contributed by atoms with Crippen LogP contribution < -0.4 is 14.2 Å². The van der Waals surface area contributed by atoms with Gasteiger partial charge in [-0.1, -0.05) is 191 Å². The third-order valence-corrected chi connectivity index (χ3v) is 20.7. The summed E-state index contributed by atoms with van der Waals surface area (Å²) in [5.74, 6) is -28.2. The Balaban J connectivity index is 0.000000198. The Morgan fingerprint density at radius 1 is 0.254 bits per heavy atom. The zero-order valence-electron chi connectivity index (χ0n) is 65.9. The van der Waals surface area contributed by atoms with Crippen LogP contribution in [0, 0.1) is 93.1 Å². The molecule has 0 bridgehead atoms. The number of allylic oxidation sites excluding steroid dienone is 2. The normalized spacial score (nSPS) is 11.9. The van der Waals surface area contributed by atoms with Crippen LogP contribution in [0.5, 0.6) is 17.2 Å². The average molecular weight is 1860 g/mol. The van der Waals surface area contributed by atoms with Crippen molar-refractivity contribution >= 4 is 46.4 Å². The Hall–Kier alpha value is -10.8. The zero-order valence-corrected chi connectivity index (χ0v) is 68.9. The Labute approximate surface area is 725 Å². The Morgan fingerprint density at radius 2 is 0.524 bits per heavy atom. The zero-order chi connectivity index (χ0) is 92.2. The molecule has 12 aromatic rings. The summed E-state index contributed by atoms with van der Waals surface area (Å²) in [6, 6.07) is 31.5. The second-order valence-corrected chi connectivity index (χ2v) is 30.2. The van der Waals surface area contributed by atoms with Crippen molar-refractivity contribution in [3.8, 4) is 84.0 Å². The van der Waals surface area contributed by atoms with Gasteiger partial charge in [0.15, 0.2) is 17.5 Å². The number of hydrogen-bond acceptors (Lipinski definition) is 3. The summed E-state index contributed by atoms with van der Waals surface area (Å²) in [6.07, 6.45) is -2.07. The number of benzene rings is 12. The Kier molecular flexibility index (Phi) is 32.3. The van der Waals surface area contributed by atoms with Gasteiger partial charge in [-0.05, 0) is 185 Å². The van der Waals surface area contributed by atoms with Crippen LogP contribution >= 0.6 is 46.4 Å². The van der Waals surface area contributed by atoms with Crippen molar-refractivity contribution < 1.29 is 124 Å². The van der Waals surface area contributed by atoms with E-state index in [0.717, 1.165) is 143 Å². The molecule has 12 rings (SSSR count). The molecular formula is C94H67Cl4F25O3. The summed E-state index contributed by atoms with van der Waals surface area (Å²) in [5, 5.41) is -3.95. The van der Waals surface area contributed by atoms with Gasteiger partial charge in [-0.3, -0.25) is 0 Å². The third kappa shape index (κ3) is 23.9. The van der Waals surface area contributed by atoms with Crippen molar-refractivity contribution in [3.63, 3.8) is 0 Å². The van der Waals surface area contributed by atoms with E-state index in [1.54, 1.807) is 36.4 Å². The van der Waals surface area contributed by atoms with E-state index < -0.39 is 211 Å². The van der Waals surface area contributed by atoms with Gasteiger partial charge < -0.3 is 14.2 Å². The molecule has 0 N–H and O–H groups in total. The predicted octanol–water partition coefficient (Wildman–Crippen LogP) is 33.4. The molecule has 0 saturated heterocycles. The van der Waals surface area contributed by atoms with Crippen molar-refractivity contribution in [1.29, 1.82) is 0 Å². The summed E-state index contributed by atoms with van der Waals surface area (Å²) in [6.45, 7) is 6.31. The standard InChI is InChI=1S/C34H25ClF10O.C31H23ClF8O.C29H19Cl2F7O/c1-2-3-4-5-6-7-8-19-9-11-20(12-10-19)21-14-25(36)30(26(37)15-21)22-13-24(35)31(27(38)16-22)34(44,45)46-23-17-28(39)32(29(40)18-23)33(41,42)43;1-2-3-4-5-6-17-7-9-18(10-8-17)19-12-23(33)28(24(34)13-19)20-11-22(32)29(25(35)14-20)31(39,40)41-21-15-26(36)30(38)27(37)16-21;1-2-3-4-15-5-7-16(8-6-15)17-10-21(32)26(22(33)11-17)18-9-20(30)27(23(34)12-18)29(37,38)39-19-13-24(35)28(31)25(36)14-19/h5-6,9-18H,2-4,7-8H2,1H3;7-16H,2-6H2,1H3;5-14H,2-4H2,1H3/b6-5+;;. The lowest BCUT2D eigenvalue weighted by molar-refractivity contribution is -0.188. The number of hydrogen-bond donors (Lipinski definition) is 0. The highest BCUT2D eigenvalue weighted by atomic mass is 35.5. The molecule has 664 valence electrons. The van der Waals surface area contributed by atoms with E-state index in [2.05, 4.69) is 47.1 Å². The molecule has 0 aliphatic heterocycles. The van der Waals surface area contributed by atoms with Crippen molar-refractivity contribution in [2.45, 2.75) is 129 Å². The first-order valence-electron chi connectivity index (χ1n) is 38.4. The first kappa shape index (κ1) is 97.4. The summed E-state index contributed by atoms with van der Waals surface area (Å²) >= 11 is 22.9. The van der Waals surface area contributed by atoms with Gasteiger partial charge in [-0.2, -0.15) is 39.5 Å². The van der Waals surface area contributed by atoms with E-state index in [1.165, 1.54) is 0 Å². The van der Waals surface area contributed by atoms with E-state index >= 15 is 26.3 Å². The maximum Gasteiger partial charge on any atom is 0.431 e. The first-order valence-corrected chi connectivity index (χ1v) is 39.9. The molecule has 0 radical (unpaired) electrons. The van der Waals surface area contributed by atoms with Gasteiger partial charge in [0.05, 0.1) is 31.8 Å². The largest absolute Gasteiger partial charge is 0.431 e. The van der Waals surface area contributed by atoms with Crippen molar-refractivity contribution in [3.05, 3.63) is 346 Å². The van der Waals surface area contributed by atoms with Gasteiger partial charge in [-0.25, -0.2) is 70.2 Å². The molecular weight excluding hydrogens is 1790 g/mol. The second kappa shape index (κ2) is 41.8. The van der Waals surface area contributed by atoms with Crippen LogP contribution in [0.1, 0.15) is 124 Å². The van der Waals surface area contributed by atoms with Crippen LogP contribution in [0.3, 0.4) is 0 Å². The minimum absolute atomic E-state index is 0.139. The monoisotopic (exact) mass is 1860 g/mol. The SMILES string of the molecule is CCCC/C=C/CCc1ccc(-c2cc(F)c(-c3cc(F)c(C(F)(F)Oc4cc(F)c(C(F)(F)F)c(F)c4)c(Cl)c3)c(F)c2)cc1.CCCCCCc1ccc(-c2cc(F)c(-c3cc(F)c(C(F)(F)Oc4cc(F)c(F)c(F)c4)c(Cl)c3)c(F)c2)cc1.CCCCc1ccc(-c2cc(F)c(-c3cc(F)c(C(F)(F)Oc4cc(F)c(Cl)c(F)c4)c(Cl)c3)c(F)c2)cc1. The summed E-state index contributed by atoms with van der Waals surface area (Å²) in [4.78, 5) is 0. The van der Waals surface area contributed by atoms with E-state index in [0.29, 0.717) is 59.2 Å². The van der Waals surface area contributed by atoms with Gasteiger partial charge in [-0.15, -0.1) is 0 Å². The maximum absolute atomic E-state index is 15.2. The molecule has 126 heavy (non-hydrogen) atoms. The third-order valence-electron chi connectivity index (χ3n) is 19.4. The lowest BCUT2D eigenvalue weighted by atomic mass is 9.96. The first-order chi connectivity index (χ1) is 59.4. The second-order valence-electron chi connectivity index (χ2n) is 28.6. The average Bonchev–Trinajstić information content (AvgIpc) is 0.784. The van der Waals surface area contributed by atoms with Crippen LogP contribution in [-0.4, -0.2) is 0 Å². The minimum Gasteiger partial charge on any atom is -0.429 e. The van der Waals surface area contributed by atoms with E-state index in [9.17, 15) is 83.4 Å². The lowest BCUT2D eigenvalue weighted by Gasteiger charge is -2.21. The predicted molar refractivity (Wildman–Crippen MR) is 433 cm³/mol. The fraction of sp³-hybridized carbons (Fsp3) is 0.213. The Bertz CT molecular complexity index is 5740. The molecule has 0 aliphatic carbocycles. The Morgan fingerprint density at radius 3 is 0.825 bits per heavy atom. The van der Waals surface area contributed by atoms with Crippen molar-refractivity contribution in [1.82, 2.24) is 0 Å². The molecule has 0 spiro atoms. The van der Waals surface area contributed by atoms with Gasteiger partial charge >= 0.3 is 24.5 Å². The van der Waals surface area contributed by atoms with Gasteiger partial charge in [0.1, 0.15) is 120 Å². The molecule has 3 nitrogen and oxygen atoms in total. The molecule has 12 aromatic carbocycles. The topological polar surface area (TPSA) is 27.7 Å². The smallest absolute Gasteiger partial charge is 0.429 e. The summed E-state index contributed by atoms with van der Waals surface area (Å²) < 4.78 is 370. The molecule has 0 aliphatic rings. The van der Waals surface area contributed by atoms with Crippen LogP contribution in [0.15, 0.2) is 194 Å². The van der Waals surface area contributed by atoms with Crippen LogP contribution in [0.2, 0.25) is 20.1 Å². The number of alkyl halides is 9. The minimum atomic E-state index is -5.47. The molecule has 0 amide bonds. The highest BCUT2D eigenvalue weighted by molar-refractivity contribution is 6.32. The highest BCUT2D eigenvalue weighted by Gasteiger charge is 2.45. The molecule has 0 atom stereocenters. The highest BCUT2D eigenvalue weighted by Crippen LogP contribution is 2.48. The summed E-state index contributed by atoms with van der Waals surface area (Å²) in [7, 11) is 0. The molecule has 32 heteroatoms. The fourth-order valence-corrected chi connectivity index (χ4v) is 14.3. The molecule has 0 aromatic heterocycles. The van der Waals surface area contributed by atoms with Crippen LogP contribution in [-0.2, 0) is 43.8 Å². The number of ether oxygens (including phenoxy) is 3. The van der Waals surface area contributed by atoms with Crippen molar-refractivity contribution in [2.75, 3.05) is 0 Å². The van der Waals surface area contributed by atoms with Gasteiger partial charge in [0.25, 0.3) is 0 Å². The van der Waals surface area contributed by atoms with Gasteiger partial charge in [0.2, 0.25) is 0 Å². The fourth-order valence-electron chi connectivity index (χ4n) is 13.2. The number of rotatable bonds is 29. The maximum atomic E-state index is 15.2. The number of unbranched alkanes of at least 4 members (excludes halogenated alkanes) is 6. The van der Waals surface area contributed by atoms with Crippen LogP contribution in [0.4, 0.5) is 110 Å². The van der Waals surface area contributed by atoms with Crippen molar-refractivity contribution in [2.24, 2.45) is 0 Å². The number of halogens is 29. The number of aryl methyl sites for hydroxylation is 3. The quantitative estimate of drug-likeness (QED) is 0.0202. The lowest BCUT2D eigenvalue weighted by Crippen LogP contribution is -2.24. The van der Waals surface area contributed by atoms with Crippen LogP contribution in [0.25, 0.3) is 66.8 Å². The summed E-state index contributed by atoms with van der Waals surface area (Å²) in [5.41, 5.74) is -5.39. The van der Waals surface area contributed by atoms with Gasteiger partial charge in [0, 0.05) is 36.4 Å². The molecule has 0 heterocycles. The van der Waals surface area contributed by atoms with E-state index in [4.69, 9.17) is 46.4 Å². The molecule has 0 fully saturated rings. The van der Waals surface area contributed by atoms with E-state index in [-0.39, 0.29) is 41.0 Å².